The van der Waals surface area contributed by atoms with E-state index in [0.717, 1.165) is 0 Å². The number of pyridine rings is 1. The fraction of sp³-hybridized carbons (Fsp3) is 0.0526. The Morgan fingerprint density at radius 3 is 2.67 bits per heavy atom. The molecule has 1 amide bonds. The summed E-state index contributed by atoms with van der Waals surface area (Å²) in [6.45, 7) is 1.67. The minimum Gasteiger partial charge on any atom is -0.619 e. The first-order chi connectivity index (χ1) is 12.8. The van der Waals surface area contributed by atoms with Crippen LogP contribution in [0.15, 0.2) is 54.9 Å². The van der Waals surface area contributed by atoms with Crippen LogP contribution in [0.25, 0.3) is 0 Å². The molecule has 8 heteroatoms. The number of hydrogen-bond acceptors (Lipinski definition) is 3. The highest BCUT2D eigenvalue weighted by molar-refractivity contribution is 6.37. The lowest BCUT2D eigenvalue weighted by molar-refractivity contribution is -0.604. The van der Waals surface area contributed by atoms with Gasteiger partial charge in [0.15, 0.2) is 6.20 Å². The molecule has 0 bridgehead atoms. The van der Waals surface area contributed by atoms with Crippen molar-refractivity contribution in [3.05, 3.63) is 87.1 Å². The summed E-state index contributed by atoms with van der Waals surface area (Å²) in [7, 11) is 0. The number of nitrogens with one attached hydrogen (secondary N) is 1. The summed E-state index contributed by atoms with van der Waals surface area (Å²) in [5, 5.41) is 14.3. The number of amides is 1. The fourth-order valence-electron chi connectivity index (χ4n) is 2.42. The maximum Gasteiger partial charge on any atom is 0.261 e. The fourth-order valence-corrected chi connectivity index (χ4v) is 2.98. The van der Waals surface area contributed by atoms with Crippen molar-refractivity contribution < 1.29 is 18.7 Å². The lowest BCUT2D eigenvalue weighted by Gasteiger charge is -2.15. The normalized spacial score (nSPS) is 10.5. The van der Waals surface area contributed by atoms with E-state index in [0.29, 0.717) is 16.0 Å². The first-order valence-corrected chi connectivity index (χ1v) is 8.52. The van der Waals surface area contributed by atoms with Gasteiger partial charge in [-0.15, -0.1) is 0 Å². The first-order valence-electron chi connectivity index (χ1n) is 7.77. The van der Waals surface area contributed by atoms with E-state index in [4.69, 9.17) is 27.9 Å². The van der Waals surface area contributed by atoms with Crippen molar-refractivity contribution in [2.45, 2.75) is 6.92 Å². The molecule has 1 N–H and O–H groups in total. The zero-order chi connectivity index (χ0) is 19.6. The van der Waals surface area contributed by atoms with Gasteiger partial charge >= 0.3 is 0 Å². The summed E-state index contributed by atoms with van der Waals surface area (Å²) >= 11 is 12.2. The minimum atomic E-state index is -0.586. The third kappa shape index (κ3) is 4.48. The van der Waals surface area contributed by atoms with E-state index < -0.39 is 11.7 Å². The van der Waals surface area contributed by atoms with Crippen LogP contribution in [0.5, 0.6) is 11.5 Å². The second-order valence-electron chi connectivity index (χ2n) is 5.68. The number of nitrogens with zero attached hydrogens (tertiary/aromatic N) is 1. The summed E-state index contributed by atoms with van der Waals surface area (Å²) in [5.74, 6) is -0.541. The Balaban J connectivity index is 1.98. The number of carbonyl (C=O) groups excluding carboxylic acids is 1. The third-order valence-corrected chi connectivity index (χ3v) is 4.15. The molecule has 0 spiro atoms. The number of rotatable bonds is 4. The average Bonchev–Trinajstić information content (AvgIpc) is 2.56. The van der Waals surface area contributed by atoms with Gasteiger partial charge in [0.25, 0.3) is 5.91 Å². The summed E-state index contributed by atoms with van der Waals surface area (Å²) < 4.78 is 19.6. The number of carbonyl (C=O) groups is 1. The van der Waals surface area contributed by atoms with Gasteiger partial charge in [0.1, 0.15) is 28.6 Å². The molecule has 3 rings (SSSR count). The second kappa shape index (κ2) is 7.82. The van der Waals surface area contributed by atoms with Gasteiger partial charge in [-0.25, -0.2) is 4.39 Å². The number of aryl methyl sites for hydroxylation is 1. The lowest BCUT2D eigenvalue weighted by Crippen LogP contribution is -2.25. The monoisotopic (exact) mass is 406 g/mol. The van der Waals surface area contributed by atoms with Crippen LogP contribution in [0.3, 0.4) is 0 Å². The molecular formula is C19H13Cl2FN2O3. The van der Waals surface area contributed by atoms with E-state index in [9.17, 15) is 14.4 Å². The van der Waals surface area contributed by atoms with Crippen molar-refractivity contribution in [2.75, 3.05) is 5.32 Å². The second-order valence-corrected chi connectivity index (χ2v) is 6.52. The average molecular weight is 407 g/mol. The van der Waals surface area contributed by atoms with E-state index in [1.165, 1.54) is 48.8 Å². The third-order valence-electron chi connectivity index (χ3n) is 3.64. The van der Waals surface area contributed by atoms with Crippen LogP contribution in [0, 0.1) is 17.9 Å². The zero-order valence-corrected chi connectivity index (χ0v) is 15.5. The van der Waals surface area contributed by atoms with Crippen LogP contribution >= 0.6 is 23.2 Å². The van der Waals surface area contributed by atoms with Gasteiger partial charge < -0.3 is 15.3 Å². The van der Waals surface area contributed by atoms with E-state index in [2.05, 4.69) is 5.32 Å². The largest absolute Gasteiger partial charge is 0.619 e. The number of ether oxygens (including phenoxy) is 1. The maximum atomic E-state index is 13.3. The van der Waals surface area contributed by atoms with Crippen molar-refractivity contribution >= 4 is 34.8 Å². The molecule has 0 saturated heterocycles. The van der Waals surface area contributed by atoms with Gasteiger partial charge in [-0.2, -0.15) is 4.73 Å². The Morgan fingerprint density at radius 1 is 1.19 bits per heavy atom. The molecule has 2 aromatic carbocycles. The molecule has 0 atom stereocenters. The quantitative estimate of drug-likeness (QED) is 0.482. The molecule has 1 heterocycles. The van der Waals surface area contributed by atoms with Crippen LogP contribution < -0.4 is 14.8 Å². The predicted octanol–water partition coefficient (Wildman–Crippen LogP) is 5.12. The molecular weight excluding hydrogens is 394 g/mol. The molecule has 138 valence electrons. The van der Waals surface area contributed by atoms with Crippen LogP contribution in [-0.2, 0) is 0 Å². The molecule has 0 aliphatic rings. The standard InChI is InChI=1S/C19H13Cl2FN2O3/c1-11-7-13(22)4-5-16(11)27-17-9-12(20)8-15(21)18(17)19(25)23-14-3-2-6-24(26)10-14/h2-10H,1H3,(H,23,25). The van der Waals surface area contributed by atoms with Gasteiger partial charge in [-0.05, 0) is 42.8 Å². The molecule has 5 nitrogen and oxygen atoms in total. The SMILES string of the molecule is Cc1cc(F)ccc1Oc1cc(Cl)cc(Cl)c1C(=O)Nc1ccc[n+]([O-])c1. The van der Waals surface area contributed by atoms with Gasteiger partial charge in [0.05, 0.1) is 5.02 Å². The lowest BCUT2D eigenvalue weighted by atomic mass is 10.1. The molecule has 0 aliphatic carbocycles. The Labute approximate surface area is 164 Å². The topological polar surface area (TPSA) is 65.3 Å². The molecule has 0 radical (unpaired) electrons. The minimum absolute atomic E-state index is 0.0334. The molecule has 0 aliphatic heterocycles. The number of benzene rings is 2. The zero-order valence-electron chi connectivity index (χ0n) is 14.0. The summed E-state index contributed by atoms with van der Waals surface area (Å²) in [6, 6.07) is 9.87. The Kier molecular flexibility index (Phi) is 5.48. The molecule has 0 saturated carbocycles. The number of aromatic nitrogens is 1. The van der Waals surface area contributed by atoms with Gasteiger partial charge in [-0.3, -0.25) is 4.79 Å². The summed E-state index contributed by atoms with van der Waals surface area (Å²) in [5.41, 5.74) is 0.853. The number of anilines is 1. The van der Waals surface area contributed by atoms with Crippen LogP contribution in [-0.4, -0.2) is 5.91 Å². The summed E-state index contributed by atoms with van der Waals surface area (Å²) in [4.78, 5) is 12.7. The molecule has 3 aromatic rings. The number of halogens is 3. The Morgan fingerprint density at radius 2 is 1.96 bits per heavy atom. The van der Waals surface area contributed by atoms with Crippen LogP contribution in [0.4, 0.5) is 10.1 Å². The highest BCUT2D eigenvalue weighted by Gasteiger charge is 2.20. The van der Waals surface area contributed by atoms with Crippen molar-refractivity contribution in [1.29, 1.82) is 0 Å². The van der Waals surface area contributed by atoms with Crippen LogP contribution in [0.2, 0.25) is 10.0 Å². The van der Waals surface area contributed by atoms with Gasteiger partial charge in [-0.1, -0.05) is 23.2 Å². The molecule has 0 unspecified atom stereocenters. The van der Waals surface area contributed by atoms with E-state index in [1.54, 1.807) is 13.0 Å². The maximum absolute atomic E-state index is 13.3. The molecule has 1 aromatic heterocycles. The highest BCUT2D eigenvalue weighted by atomic mass is 35.5. The first kappa shape index (κ1) is 18.9. The van der Waals surface area contributed by atoms with E-state index in [1.807, 2.05) is 0 Å². The molecule has 0 fully saturated rings. The van der Waals surface area contributed by atoms with Crippen molar-refractivity contribution in [1.82, 2.24) is 0 Å². The molecule has 27 heavy (non-hydrogen) atoms. The Bertz CT molecular complexity index is 1030. The predicted molar refractivity (Wildman–Crippen MR) is 101 cm³/mol. The van der Waals surface area contributed by atoms with Gasteiger partial charge in [0, 0.05) is 17.2 Å². The van der Waals surface area contributed by atoms with Crippen LogP contribution in [0.1, 0.15) is 15.9 Å². The van der Waals surface area contributed by atoms with E-state index in [-0.39, 0.29) is 27.0 Å². The van der Waals surface area contributed by atoms with Crippen molar-refractivity contribution in [2.24, 2.45) is 0 Å². The van der Waals surface area contributed by atoms with Gasteiger partial charge in [0.2, 0.25) is 6.20 Å². The van der Waals surface area contributed by atoms with E-state index >= 15 is 0 Å². The van der Waals surface area contributed by atoms with Crippen molar-refractivity contribution in [3.8, 4) is 11.5 Å². The summed E-state index contributed by atoms with van der Waals surface area (Å²) in [6.07, 6.45) is 2.49. The Hall–Kier alpha value is -2.83. The highest BCUT2D eigenvalue weighted by Crippen LogP contribution is 2.35. The number of hydrogen-bond donors (Lipinski definition) is 1. The smallest absolute Gasteiger partial charge is 0.261 e. The van der Waals surface area contributed by atoms with Crippen molar-refractivity contribution in [3.63, 3.8) is 0 Å².